The summed E-state index contributed by atoms with van der Waals surface area (Å²) in [6, 6.07) is -0.878. The van der Waals surface area contributed by atoms with Gasteiger partial charge in [0.25, 0.3) is 0 Å². The van der Waals surface area contributed by atoms with E-state index in [0.29, 0.717) is 38.6 Å². The molecule has 4 N–H and O–H groups in total. The summed E-state index contributed by atoms with van der Waals surface area (Å²) in [4.78, 5) is 35.8. The minimum absolute atomic E-state index is 0.0721. The van der Waals surface area contributed by atoms with Gasteiger partial charge < -0.3 is 20.9 Å². The second-order valence-corrected chi connectivity index (χ2v) is 12.3. The van der Waals surface area contributed by atoms with Crippen LogP contribution in [0.2, 0.25) is 0 Å². The number of ether oxygens (including phenoxy) is 1. The number of carbonyl (C=O) groups excluding carboxylic acids is 2. The summed E-state index contributed by atoms with van der Waals surface area (Å²) < 4.78 is 5.76. The van der Waals surface area contributed by atoms with Crippen molar-refractivity contribution in [2.24, 2.45) is 5.73 Å². The van der Waals surface area contributed by atoms with Gasteiger partial charge >= 0.3 is 11.9 Å². The average Bonchev–Trinajstić information content (AvgIpc) is 3.06. The molecule has 0 aliphatic carbocycles. The number of hydrogen-bond donors (Lipinski definition) is 3. The molecule has 0 aliphatic rings. The maximum atomic E-state index is 12.4. The molecule has 7 nitrogen and oxygen atoms in total. The van der Waals surface area contributed by atoms with Crippen molar-refractivity contribution in [2.75, 3.05) is 6.54 Å². The van der Waals surface area contributed by atoms with Crippen molar-refractivity contribution in [2.45, 2.75) is 161 Å². The summed E-state index contributed by atoms with van der Waals surface area (Å²) in [5, 5.41) is 11.8. The molecule has 0 radical (unpaired) electrons. The molecule has 48 heavy (non-hydrogen) atoms. The second kappa shape index (κ2) is 35.1. The summed E-state index contributed by atoms with van der Waals surface area (Å²) in [5.74, 6) is -1.38. The van der Waals surface area contributed by atoms with Crippen LogP contribution in [0.15, 0.2) is 72.9 Å². The highest BCUT2D eigenvalue weighted by Crippen LogP contribution is 2.15. The minimum Gasteiger partial charge on any atom is -0.480 e. The summed E-state index contributed by atoms with van der Waals surface area (Å²) in [5.41, 5.74) is 5.44. The van der Waals surface area contributed by atoms with Crippen molar-refractivity contribution in [3.8, 4) is 0 Å². The van der Waals surface area contributed by atoms with Gasteiger partial charge in [-0.15, -0.1) is 0 Å². The standard InChI is InChI=1S/C41H68N2O5/c1-3-5-6-7-8-9-10-11-12-13-14-15-16-17-18-19-20-21-22-23-24-25-29-35-40(45)48-37(31-4-2)32-27-26-28-34-39(44)43-38(41(46)47)33-30-36-42/h5-6,8-9,11-12,14-15,17-18,20-21,37-38H,3-4,7,10,13,16,19,22-36,42H2,1-2H3,(H,43,44)(H,46,47)/b6-5-,9-8-,12-11-,15-14-,18-17-,21-20-. The van der Waals surface area contributed by atoms with Crippen LogP contribution in [0.25, 0.3) is 0 Å². The van der Waals surface area contributed by atoms with Gasteiger partial charge in [-0.3, -0.25) is 9.59 Å². The van der Waals surface area contributed by atoms with Gasteiger partial charge in [-0.2, -0.15) is 0 Å². The molecular weight excluding hydrogens is 600 g/mol. The zero-order valence-corrected chi connectivity index (χ0v) is 30.3. The SMILES string of the molecule is CC/C=C\C/C=C\C/C=C\C/C=C\C/C=C\C/C=C\CCCCCCC(=O)OC(CCC)CCCCCC(=O)NC(CCCN)C(=O)O. The number of unbranched alkanes of at least 4 members (excludes halogenated alkanes) is 6. The first-order valence-electron chi connectivity index (χ1n) is 18.8. The Bertz CT molecular complexity index is 979. The molecule has 2 unspecified atom stereocenters. The highest BCUT2D eigenvalue weighted by Gasteiger charge is 2.19. The first kappa shape index (κ1) is 44.8. The summed E-state index contributed by atoms with van der Waals surface area (Å²) in [7, 11) is 0. The van der Waals surface area contributed by atoms with E-state index in [1.54, 1.807) is 0 Å². The predicted octanol–water partition coefficient (Wildman–Crippen LogP) is 10.00. The van der Waals surface area contributed by atoms with E-state index >= 15 is 0 Å². The molecule has 0 heterocycles. The number of esters is 1. The third kappa shape index (κ3) is 31.4. The molecule has 0 aromatic rings. The quantitative estimate of drug-likeness (QED) is 0.0373. The average molecular weight is 669 g/mol. The van der Waals surface area contributed by atoms with Crippen molar-refractivity contribution in [3.63, 3.8) is 0 Å². The molecule has 0 fully saturated rings. The second-order valence-electron chi connectivity index (χ2n) is 12.3. The molecule has 0 saturated heterocycles. The van der Waals surface area contributed by atoms with Gasteiger partial charge in [0.2, 0.25) is 5.91 Å². The predicted molar refractivity (Wildman–Crippen MR) is 202 cm³/mol. The maximum absolute atomic E-state index is 12.4. The van der Waals surface area contributed by atoms with Gasteiger partial charge in [0.05, 0.1) is 0 Å². The van der Waals surface area contributed by atoms with Gasteiger partial charge in [0, 0.05) is 12.8 Å². The number of amides is 1. The number of hydrogen-bond acceptors (Lipinski definition) is 5. The third-order valence-corrected chi connectivity index (χ3v) is 7.77. The molecule has 0 saturated carbocycles. The van der Waals surface area contributed by atoms with Crippen molar-refractivity contribution in [1.29, 1.82) is 0 Å². The van der Waals surface area contributed by atoms with Crippen molar-refractivity contribution in [3.05, 3.63) is 72.9 Å². The Hall–Kier alpha value is -3.19. The van der Waals surface area contributed by atoms with E-state index < -0.39 is 12.0 Å². The summed E-state index contributed by atoms with van der Waals surface area (Å²) >= 11 is 0. The van der Waals surface area contributed by atoms with E-state index in [0.717, 1.165) is 103 Å². The van der Waals surface area contributed by atoms with E-state index in [-0.39, 0.29) is 18.0 Å². The van der Waals surface area contributed by atoms with Crippen LogP contribution in [0.1, 0.15) is 149 Å². The van der Waals surface area contributed by atoms with E-state index in [1.807, 2.05) is 0 Å². The molecule has 0 spiro atoms. The highest BCUT2D eigenvalue weighted by atomic mass is 16.5. The Balaban J connectivity index is 3.86. The fourth-order valence-corrected chi connectivity index (χ4v) is 5.03. The Labute approximate surface area is 292 Å². The van der Waals surface area contributed by atoms with Crippen LogP contribution in [-0.4, -0.2) is 41.6 Å². The molecule has 0 aromatic heterocycles. The lowest BCUT2D eigenvalue weighted by molar-refractivity contribution is -0.150. The van der Waals surface area contributed by atoms with Gasteiger partial charge in [-0.05, 0) is 103 Å². The zero-order chi connectivity index (χ0) is 35.3. The number of nitrogens with two attached hydrogens (primary N) is 1. The molecule has 1 amide bonds. The summed E-state index contributed by atoms with van der Waals surface area (Å²) in [6.45, 7) is 4.64. The van der Waals surface area contributed by atoms with E-state index in [9.17, 15) is 19.5 Å². The van der Waals surface area contributed by atoms with Crippen LogP contribution in [-0.2, 0) is 19.1 Å². The molecule has 272 valence electrons. The first-order chi connectivity index (χ1) is 23.4. The lowest BCUT2D eigenvalue weighted by atomic mass is 10.0. The third-order valence-electron chi connectivity index (χ3n) is 7.77. The maximum Gasteiger partial charge on any atom is 0.326 e. The fourth-order valence-electron chi connectivity index (χ4n) is 5.03. The largest absolute Gasteiger partial charge is 0.480 e. The molecular formula is C41H68N2O5. The molecule has 0 aliphatic heterocycles. The minimum atomic E-state index is -1.03. The number of carboxylic acids is 1. The Kier molecular flexibility index (Phi) is 32.8. The van der Waals surface area contributed by atoms with Crippen LogP contribution in [0.5, 0.6) is 0 Å². The van der Waals surface area contributed by atoms with Crippen LogP contribution < -0.4 is 11.1 Å². The highest BCUT2D eigenvalue weighted by molar-refractivity contribution is 5.83. The molecule has 0 bridgehead atoms. The van der Waals surface area contributed by atoms with Crippen LogP contribution >= 0.6 is 0 Å². The van der Waals surface area contributed by atoms with Crippen LogP contribution in [0.3, 0.4) is 0 Å². The van der Waals surface area contributed by atoms with Crippen molar-refractivity contribution >= 4 is 17.8 Å². The molecule has 2 atom stereocenters. The lowest BCUT2D eigenvalue weighted by Gasteiger charge is -2.17. The van der Waals surface area contributed by atoms with Crippen LogP contribution in [0, 0.1) is 0 Å². The van der Waals surface area contributed by atoms with E-state index in [1.165, 1.54) is 0 Å². The zero-order valence-electron chi connectivity index (χ0n) is 30.3. The Morgan fingerprint density at radius 2 is 1.15 bits per heavy atom. The Morgan fingerprint density at radius 1 is 0.625 bits per heavy atom. The number of carbonyl (C=O) groups is 3. The van der Waals surface area contributed by atoms with Crippen LogP contribution in [0.4, 0.5) is 0 Å². The van der Waals surface area contributed by atoms with Crippen molar-refractivity contribution < 1.29 is 24.2 Å². The lowest BCUT2D eigenvalue weighted by Crippen LogP contribution is -2.40. The van der Waals surface area contributed by atoms with Gasteiger partial charge in [-0.1, -0.05) is 112 Å². The van der Waals surface area contributed by atoms with Gasteiger partial charge in [0.1, 0.15) is 12.1 Å². The smallest absolute Gasteiger partial charge is 0.326 e. The van der Waals surface area contributed by atoms with Crippen molar-refractivity contribution in [1.82, 2.24) is 5.32 Å². The number of aliphatic carboxylic acids is 1. The van der Waals surface area contributed by atoms with Gasteiger partial charge in [0.15, 0.2) is 0 Å². The number of carboxylic acid groups (broad SMARTS) is 1. The fraction of sp³-hybridized carbons (Fsp3) is 0.634. The first-order valence-corrected chi connectivity index (χ1v) is 18.8. The molecule has 7 heteroatoms. The number of nitrogens with one attached hydrogen (secondary N) is 1. The molecule has 0 rings (SSSR count). The normalized spacial score (nSPS) is 13.6. The molecule has 0 aromatic carbocycles. The van der Waals surface area contributed by atoms with E-state index in [2.05, 4.69) is 92.1 Å². The monoisotopic (exact) mass is 669 g/mol. The number of rotatable bonds is 32. The van der Waals surface area contributed by atoms with E-state index in [4.69, 9.17) is 10.5 Å². The number of allylic oxidation sites excluding steroid dienone is 12. The van der Waals surface area contributed by atoms with Gasteiger partial charge in [-0.25, -0.2) is 4.79 Å². The summed E-state index contributed by atoms with van der Waals surface area (Å²) in [6.07, 6.45) is 44.5. The Morgan fingerprint density at radius 3 is 1.69 bits per heavy atom. The topological polar surface area (TPSA) is 119 Å².